The fourth-order valence-corrected chi connectivity index (χ4v) is 4.58. The van der Waals surface area contributed by atoms with E-state index in [-0.39, 0.29) is 11.6 Å². The molecule has 3 atom stereocenters. The lowest BCUT2D eigenvalue weighted by Crippen LogP contribution is -2.46. The maximum absolute atomic E-state index is 15.5. The van der Waals surface area contributed by atoms with Gasteiger partial charge in [0.2, 0.25) is 0 Å². The highest BCUT2D eigenvalue weighted by molar-refractivity contribution is 7.99. The first-order valence-corrected chi connectivity index (χ1v) is 12.7. The molecule has 2 amide bonds. The van der Waals surface area contributed by atoms with Crippen molar-refractivity contribution >= 4 is 35.9 Å². The van der Waals surface area contributed by atoms with Crippen LogP contribution in [-0.4, -0.2) is 62.2 Å². The van der Waals surface area contributed by atoms with E-state index in [1.807, 2.05) is 0 Å². The Hall–Kier alpha value is -2.83. The molecule has 0 saturated carbocycles. The van der Waals surface area contributed by atoms with Gasteiger partial charge in [0, 0.05) is 11.9 Å². The fraction of sp³-hybridized carbons (Fsp3) is 0.708. The quantitative estimate of drug-likeness (QED) is 0.369. The number of hydrogen-bond acceptors (Lipinski definition) is 10. The van der Waals surface area contributed by atoms with E-state index in [0.717, 1.165) is 16.3 Å². The molecule has 1 aromatic heterocycles. The highest BCUT2D eigenvalue weighted by atomic mass is 32.2. The molecule has 11 nitrogen and oxygen atoms in total. The Morgan fingerprint density at radius 1 is 1.00 bits per heavy atom. The minimum atomic E-state index is -1.79. The van der Waals surface area contributed by atoms with Gasteiger partial charge in [-0.15, -0.1) is 11.8 Å². The van der Waals surface area contributed by atoms with Crippen molar-refractivity contribution in [3.8, 4) is 0 Å². The summed E-state index contributed by atoms with van der Waals surface area (Å²) in [6.45, 7) is 16.0. The molecule has 1 aliphatic rings. The molecule has 208 valence electrons. The van der Waals surface area contributed by atoms with Gasteiger partial charge in [0.1, 0.15) is 22.2 Å². The molecular weight excluding hydrogens is 509 g/mol. The normalized spacial score (nSPS) is 22.2. The van der Waals surface area contributed by atoms with Crippen molar-refractivity contribution in [2.75, 3.05) is 10.7 Å². The fourth-order valence-electron chi connectivity index (χ4n) is 3.08. The molecule has 0 spiro atoms. The van der Waals surface area contributed by atoms with Crippen LogP contribution in [0.3, 0.4) is 0 Å². The lowest BCUT2D eigenvalue weighted by molar-refractivity contribution is -0.0772. The summed E-state index contributed by atoms with van der Waals surface area (Å²) in [5.74, 6) is -0.301. The zero-order valence-electron chi connectivity index (χ0n) is 22.9. The highest BCUT2D eigenvalue weighted by Gasteiger charge is 2.51. The average Bonchev–Trinajstić information content (AvgIpc) is 2.92. The van der Waals surface area contributed by atoms with Crippen LogP contribution in [0.15, 0.2) is 17.1 Å². The van der Waals surface area contributed by atoms with E-state index >= 15 is 4.39 Å². The van der Waals surface area contributed by atoms with Gasteiger partial charge in [0.15, 0.2) is 17.6 Å². The van der Waals surface area contributed by atoms with E-state index in [2.05, 4.69) is 4.98 Å². The molecule has 0 radical (unpaired) electrons. The smallest absolute Gasteiger partial charge is 0.443 e. The first kappa shape index (κ1) is 30.4. The van der Waals surface area contributed by atoms with Gasteiger partial charge in [0.25, 0.3) is 0 Å². The molecule has 37 heavy (non-hydrogen) atoms. The lowest BCUT2D eigenvalue weighted by Gasteiger charge is -2.29. The predicted molar refractivity (Wildman–Crippen MR) is 136 cm³/mol. The Morgan fingerprint density at radius 2 is 1.49 bits per heavy atom. The number of hydrogen-bond donors (Lipinski definition) is 0. The third-order valence-electron chi connectivity index (χ3n) is 4.55. The first-order valence-electron chi connectivity index (χ1n) is 11.6. The van der Waals surface area contributed by atoms with Gasteiger partial charge >= 0.3 is 24.0 Å². The number of aromatic nitrogens is 2. The van der Waals surface area contributed by atoms with E-state index < -0.39 is 58.0 Å². The number of rotatable bonds is 3. The number of anilines is 1. The van der Waals surface area contributed by atoms with Crippen molar-refractivity contribution in [2.24, 2.45) is 0 Å². The average molecular weight is 546 g/mol. The van der Waals surface area contributed by atoms with Crippen LogP contribution in [0.5, 0.6) is 0 Å². The van der Waals surface area contributed by atoms with E-state index in [9.17, 15) is 19.2 Å². The van der Waals surface area contributed by atoms with Gasteiger partial charge in [-0.25, -0.2) is 23.6 Å². The Morgan fingerprint density at radius 3 is 1.92 bits per heavy atom. The van der Waals surface area contributed by atoms with Crippen molar-refractivity contribution in [3.63, 3.8) is 0 Å². The predicted octanol–water partition coefficient (Wildman–Crippen LogP) is 5.21. The van der Waals surface area contributed by atoms with Crippen molar-refractivity contribution in [1.82, 2.24) is 9.55 Å². The minimum absolute atomic E-state index is 0.0498. The van der Waals surface area contributed by atoms with Crippen LogP contribution in [0.4, 0.5) is 24.6 Å². The molecule has 1 saturated heterocycles. The summed E-state index contributed by atoms with van der Waals surface area (Å²) in [5, 5.41) is -1.09. The van der Waals surface area contributed by atoms with E-state index in [4.69, 9.17) is 18.9 Å². The van der Waals surface area contributed by atoms with Crippen LogP contribution in [0.1, 0.15) is 74.6 Å². The molecule has 1 aliphatic heterocycles. The van der Waals surface area contributed by atoms with Crippen molar-refractivity contribution in [1.29, 1.82) is 0 Å². The molecule has 0 aromatic carbocycles. The molecule has 0 N–H and O–H groups in total. The Labute approximate surface area is 220 Å². The zero-order valence-corrected chi connectivity index (χ0v) is 23.7. The number of carbonyl (C=O) groups excluding carboxylic acids is 3. The number of nitrogens with zero attached hydrogens (tertiary/aromatic N) is 3. The van der Waals surface area contributed by atoms with Crippen molar-refractivity contribution in [2.45, 2.75) is 103 Å². The van der Waals surface area contributed by atoms with E-state index in [0.29, 0.717) is 4.90 Å². The van der Waals surface area contributed by atoms with Gasteiger partial charge in [-0.1, -0.05) is 0 Å². The molecule has 2 rings (SSSR count). The maximum Gasteiger partial charge on any atom is 0.509 e. The van der Waals surface area contributed by atoms with Crippen molar-refractivity contribution < 1.29 is 37.7 Å². The lowest BCUT2D eigenvalue weighted by atomic mass is 10.0. The molecule has 13 heteroatoms. The molecular formula is C24H36FN3O8S. The summed E-state index contributed by atoms with van der Waals surface area (Å²) in [7, 11) is 0. The van der Waals surface area contributed by atoms with Gasteiger partial charge < -0.3 is 18.9 Å². The number of alkyl halides is 1. The van der Waals surface area contributed by atoms with Crippen LogP contribution in [0, 0.1) is 0 Å². The third-order valence-corrected chi connectivity index (χ3v) is 6.10. The van der Waals surface area contributed by atoms with Gasteiger partial charge in [-0.3, -0.25) is 4.57 Å². The van der Waals surface area contributed by atoms with Gasteiger partial charge in [-0.2, -0.15) is 9.88 Å². The van der Waals surface area contributed by atoms with Crippen molar-refractivity contribution in [3.05, 3.63) is 22.7 Å². The minimum Gasteiger partial charge on any atom is -0.443 e. The number of amides is 2. The summed E-state index contributed by atoms with van der Waals surface area (Å²) in [6.07, 6.45) is -3.80. The molecule has 2 heterocycles. The summed E-state index contributed by atoms with van der Waals surface area (Å²) in [4.78, 5) is 55.0. The van der Waals surface area contributed by atoms with Gasteiger partial charge in [-0.05, 0) is 75.3 Å². The third kappa shape index (κ3) is 8.34. The van der Waals surface area contributed by atoms with E-state index in [1.54, 1.807) is 62.3 Å². The molecule has 1 aromatic rings. The Kier molecular flexibility index (Phi) is 8.63. The monoisotopic (exact) mass is 545 g/mol. The van der Waals surface area contributed by atoms with E-state index in [1.165, 1.54) is 19.2 Å². The summed E-state index contributed by atoms with van der Waals surface area (Å²) in [6, 6.07) is 1.20. The largest absolute Gasteiger partial charge is 0.509 e. The standard InChI is InChI=1S/C24H36FN3O8S/c1-21(2,3)33-18(30)28(19(31)34-22(4,5)6)14-11-12-27(17(29)26-14)16-15(25)24(10,13-37-16)36-20(32)35-23(7,8)9/h11-12,15-16H,13H2,1-10H3/t15-,16-,24-/m1/s1. The summed E-state index contributed by atoms with van der Waals surface area (Å²) in [5.41, 5.74) is -5.22. The number of thioether (sulfide) groups is 1. The Balaban J connectivity index is 2.34. The second-order valence-electron chi connectivity index (χ2n) is 11.8. The van der Waals surface area contributed by atoms with Crippen LogP contribution < -0.4 is 10.6 Å². The first-order chi connectivity index (χ1) is 16.6. The summed E-state index contributed by atoms with van der Waals surface area (Å²) >= 11 is 1.05. The van der Waals surface area contributed by atoms with Crippen LogP contribution in [0.25, 0.3) is 0 Å². The van der Waals surface area contributed by atoms with Crippen LogP contribution >= 0.6 is 11.8 Å². The second kappa shape index (κ2) is 10.5. The SMILES string of the molecule is CC(C)(C)OC(=O)O[C@]1(C)CS[C@@H](n2ccc(N(C(=O)OC(C)(C)C)C(=O)OC(C)(C)C)nc2=O)[C@H]1F. The number of ether oxygens (including phenoxy) is 4. The molecule has 0 aliphatic carbocycles. The number of carbonyl (C=O) groups is 3. The molecule has 0 bridgehead atoms. The number of halogens is 1. The van der Waals surface area contributed by atoms with Gasteiger partial charge in [0.05, 0.1) is 0 Å². The Bertz CT molecular complexity index is 1060. The maximum atomic E-state index is 15.5. The number of imide groups is 1. The summed E-state index contributed by atoms with van der Waals surface area (Å²) < 4.78 is 37.5. The topological polar surface area (TPSA) is 126 Å². The van der Waals surface area contributed by atoms with Crippen LogP contribution in [-0.2, 0) is 18.9 Å². The zero-order chi connectivity index (χ0) is 28.6. The second-order valence-corrected chi connectivity index (χ2v) is 12.9. The molecule has 0 unspecified atom stereocenters. The highest BCUT2D eigenvalue weighted by Crippen LogP contribution is 2.45. The van der Waals surface area contributed by atoms with Crippen LogP contribution in [0.2, 0.25) is 0 Å². The molecule has 1 fully saturated rings.